The molecular weight excluding hydrogens is 144 g/mol. The zero-order valence-corrected chi connectivity index (χ0v) is 6.88. The summed E-state index contributed by atoms with van der Waals surface area (Å²) in [6.45, 7) is 7.03. The van der Waals surface area contributed by atoms with Crippen LogP contribution < -0.4 is 0 Å². The molecule has 0 nitrogen and oxygen atoms in total. The van der Waals surface area contributed by atoms with Gasteiger partial charge < -0.3 is 0 Å². The normalized spacial score (nSPS) is 8.00. The van der Waals surface area contributed by atoms with Gasteiger partial charge in [0.25, 0.3) is 0 Å². The van der Waals surface area contributed by atoms with Gasteiger partial charge in [-0.3, -0.25) is 0 Å². The van der Waals surface area contributed by atoms with Gasteiger partial charge in [-0.05, 0) is 29.3 Å². The third-order valence-electron chi connectivity index (χ3n) is 1.45. The second-order valence-electron chi connectivity index (χ2n) is 2.37. The molecule has 0 atom stereocenters. The second-order valence-corrected chi connectivity index (χ2v) is 2.37. The molecular formula is C12H10. The average molecular weight is 154 g/mol. The van der Waals surface area contributed by atoms with E-state index in [2.05, 4.69) is 24.6 Å². The fourth-order valence-corrected chi connectivity index (χ4v) is 0.974. The van der Waals surface area contributed by atoms with Crippen LogP contribution in [-0.4, -0.2) is 0 Å². The van der Waals surface area contributed by atoms with Gasteiger partial charge in [-0.25, -0.2) is 0 Å². The first-order valence-corrected chi connectivity index (χ1v) is 3.68. The lowest BCUT2D eigenvalue weighted by Crippen LogP contribution is -1.73. The Morgan fingerprint density at radius 3 is 1.92 bits per heavy atom. The Bertz CT molecular complexity index is 326. The standard InChI is InChI=1S/C12H10/c1-3-6-11-8-5-9-12(10-11)7-4-2/h5-10H,1-2H2. The average Bonchev–Trinajstić information content (AvgIpc) is 2.06. The van der Waals surface area contributed by atoms with E-state index in [1.807, 2.05) is 36.4 Å². The first-order valence-electron chi connectivity index (χ1n) is 3.68. The Morgan fingerprint density at radius 2 is 1.50 bits per heavy atom. The van der Waals surface area contributed by atoms with Crippen LogP contribution in [0.5, 0.6) is 0 Å². The Morgan fingerprint density at radius 1 is 1.00 bits per heavy atom. The van der Waals surface area contributed by atoms with E-state index in [4.69, 9.17) is 0 Å². The molecule has 0 saturated carbocycles. The van der Waals surface area contributed by atoms with Crippen LogP contribution in [0, 0.1) is 0 Å². The fourth-order valence-electron chi connectivity index (χ4n) is 0.974. The molecule has 1 aromatic rings. The Kier molecular flexibility index (Phi) is 2.93. The van der Waals surface area contributed by atoms with Crippen LogP contribution in [0.25, 0.3) is 12.2 Å². The molecule has 0 aromatic heterocycles. The smallest absolute Gasteiger partial charge is 0.0133 e. The second kappa shape index (κ2) is 4.20. The number of hydrogen-bond acceptors (Lipinski definition) is 0. The summed E-state index contributed by atoms with van der Waals surface area (Å²) in [6.07, 6.45) is 3.67. The molecule has 1 aromatic carbocycles. The van der Waals surface area contributed by atoms with Crippen molar-refractivity contribution in [3.05, 3.63) is 60.0 Å². The molecule has 0 amide bonds. The van der Waals surface area contributed by atoms with Gasteiger partial charge in [0.05, 0.1) is 0 Å². The minimum absolute atomic E-state index is 1.09. The van der Waals surface area contributed by atoms with Crippen molar-refractivity contribution in [2.45, 2.75) is 0 Å². The minimum atomic E-state index is 1.09. The van der Waals surface area contributed by atoms with Crippen LogP contribution >= 0.6 is 0 Å². The summed E-state index contributed by atoms with van der Waals surface area (Å²) in [5, 5.41) is 0. The Labute approximate surface area is 72.9 Å². The number of hydrogen-bond donors (Lipinski definition) is 0. The van der Waals surface area contributed by atoms with E-state index in [-0.39, 0.29) is 0 Å². The molecule has 0 heteroatoms. The predicted molar refractivity (Wildman–Crippen MR) is 53.7 cm³/mol. The van der Waals surface area contributed by atoms with Crippen LogP contribution in [0.15, 0.2) is 48.9 Å². The maximum absolute atomic E-state index is 3.51. The third-order valence-corrected chi connectivity index (χ3v) is 1.45. The Hall–Kier alpha value is -1.74. The van der Waals surface area contributed by atoms with Crippen LogP contribution in [-0.2, 0) is 0 Å². The minimum Gasteiger partial charge on any atom is -0.128 e. The van der Waals surface area contributed by atoms with Gasteiger partial charge in [-0.2, -0.15) is 0 Å². The van der Waals surface area contributed by atoms with Crippen LogP contribution in [0.3, 0.4) is 0 Å². The monoisotopic (exact) mass is 154 g/mol. The van der Waals surface area contributed by atoms with E-state index in [0.717, 1.165) is 11.1 Å². The van der Waals surface area contributed by atoms with Crippen molar-refractivity contribution in [1.82, 2.24) is 0 Å². The molecule has 0 aliphatic carbocycles. The van der Waals surface area contributed by atoms with Crippen LogP contribution in [0.2, 0.25) is 0 Å². The van der Waals surface area contributed by atoms with Gasteiger partial charge >= 0.3 is 0 Å². The van der Waals surface area contributed by atoms with Gasteiger partial charge in [0.1, 0.15) is 0 Å². The molecule has 58 valence electrons. The highest BCUT2D eigenvalue weighted by Crippen LogP contribution is 2.07. The zero-order chi connectivity index (χ0) is 8.81. The molecule has 12 heavy (non-hydrogen) atoms. The topological polar surface area (TPSA) is 0 Å². The van der Waals surface area contributed by atoms with E-state index < -0.39 is 0 Å². The van der Waals surface area contributed by atoms with Crippen molar-refractivity contribution in [1.29, 1.82) is 0 Å². The maximum Gasteiger partial charge on any atom is -0.0133 e. The molecule has 0 aliphatic rings. The highest BCUT2D eigenvalue weighted by molar-refractivity contribution is 5.56. The summed E-state index contributed by atoms with van der Waals surface area (Å²) >= 11 is 0. The maximum atomic E-state index is 3.51. The molecule has 0 spiro atoms. The summed E-state index contributed by atoms with van der Waals surface area (Å²) < 4.78 is 0. The highest BCUT2D eigenvalue weighted by atomic mass is 13.9. The summed E-state index contributed by atoms with van der Waals surface area (Å²) in [4.78, 5) is 0. The lowest BCUT2D eigenvalue weighted by Gasteiger charge is -1.93. The van der Waals surface area contributed by atoms with E-state index in [1.54, 1.807) is 0 Å². The van der Waals surface area contributed by atoms with Gasteiger partial charge in [0, 0.05) is 0 Å². The highest BCUT2D eigenvalue weighted by Gasteiger charge is 1.87. The molecule has 1 rings (SSSR count). The number of benzene rings is 1. The fraction of sp³-hybridized carbons (Fsp3) is 0. The zero-order valence-electron chi connectivity index (χ0n) is 6.88. The van der Waals surface area contributed by atoms with Crippen molar-refractivity contribution in [3.8, 4) is 0 Å². The lowest BCUT2D eigenvalue weighted by atomic mass is 10.1. The van der Waals surface area contributed by atoms with Crippen LogP contribution in [0.4, 0.5) is 0 Å². The summed E-state index contributed by atoms with van der Waals surface area (Å²) in [5.74, 6) is 0. The van der Waals surface area contributed by atoms with E-state index >= 15 is 0 Å². The van der Waals surface area contributed by atoms with Crippen molar-refractivity contribution < 1.29 is 0 Å². The quantitative estimate of drug-likeness (QED) is 0.573. The van der Waals surface area contributed by atoms with Crippen molar-refractivity contribution >= 4 is 12.2 Å². The Balaban J connectivity index is 3.11. The third kappa shape index (κ3) is 2.14. The first-order chi connectivity index (χ1) is 5.86. The largest absolute Gasteiger partial charge is 0.128 e. The van der Waals surface area contributed by atoms with E-state index in [0.29, 0.717) is 0 Å². The van der Waals surface area contributed by atoms with Gasteiger partial charge in [0.2, 0.25) is 0 Å². The van der Waals surface area contributed by atoms with Crippen molar-refractivity contribution in [2.24, 2.45) is 0 Å². The van der Waals surface area contributed by atoms with Crippen LogP contribution in [0.1, 0.15) is 11.1 Å². The SMILES string of the molecule is C=C=Cc1cccc(C=C=C)c1. The molecule has 0 unspecified atom stereocenters. The van der Waals surface area contributed by atoms with Crippen molar-refractivity contribution in [3.63, 3.8) is 0 Å². The molecule has 0 bridgehead atoms. The first kappa shape index (κ1) is 8.36. The van der Waals surface area contributed by atoms with Gasteiger partial charge in [0.15, 0.2) is 0 Å². The molecule has 0 fully saturated rings. The molecule has 0 saturated heterocycles. The van der Waals surface area contributed by atoms with E-state index in [1.165, 1.54) is 0 Å². The summed E-state index contributed by atoms with van der Waals surface area (Å²) in [6, 6.07) is 8.00. The predicted octanol–water partition coefficient (Wildman–Crippen LogP) is 3.28. The van der Waals surface area contributed by atoms with E-state index in [9.17, 15) is 0 Å². The number of rotatable bonds is 2. The van der Waals surface area contributed by atoms with Gasteiger partial charge in [-0.15, -0.1) is 11.5 Å². The molecule has 0 radical (unpaired) electrons. The summed E-state index contributed by atoms with van der Waals surface area (Å²) in [7, 11) is 0. The summed E-state index contributed by atoms with van der Waals surface area (Å²) in [5.41, 5.74) is 7.64. The van der Waals surface area contributed by atoms with Gasteiger partial charge in [-0.1, -0.05) is 31.4 Å². The molecule has 0 heterocycles. The molecule has 0 N–H and O–H groups in total. The van der Waals surface area contributed by atoms with Crippen molar-refractivity contribution in [2.75, 3.05) is 0 Å². The lowest BCUT2D eigenvalue weighted by molar-refractivity contribution is 1.62. The molecule has 0 aliphatic heterocycles.